The van der Waals surface area contributed by atoms with Crippen molar-refractivity contribution in [3.63, 3.8) is 0 Å². The van der Waals surface area contributed by atoms with Crippen LogP contribution in [-0.4, -0.2) is 243 Å². The number of aliphatic hydroxyl groups excluding tert-OH is 1. The van der Waals surface area contributed by atoms with E-state index in [-0.39, 0.29) is 88.7 Å². The number of imidazole rings is 2. The Morgan fingerprint density at radius 2 is 0.871 bits per heavy atom. The third kappa shape index (κ3) is 36.6. The highest BCUT2D eigenvalue weighted by atomic mass is 16.4. The van der Waals surface area contributed by atoms with Crippen molar-refractivity contribution in [2.24, 2.45) is 63.3 Å². The number of aliphatic hydroxyl groups is 1. The first-order chi connectivity index (χ1) is 54.8. The highest BCUT2D eigenvalue weighted by Crippen LogP contribution is 2.16. The molecule has 2 heterocycles. The molecule has 0 saturated carbocycles. The average molecular weight is 1630 g/mol. The van der Waals surface area contributed by atoms with E-state index in [9.17, 15) is 81.8 Å². The molecule has 42 heteroatoms. The van der Waals surface area contributed by atoms with Gasteiger partial charge in [0.15, 0.2) is 5.96 Å². The van der Waals surface area contributed by atoms with E-state index in [0.717, 1.165) is 0 Å². The summed E-state index contributed by atoms with van der Waals surface area (Å²) in [6.07, 6.45) is 5.24. The number of rotatable bonds is 54. The van der Waals surface area contributed by atoms with Crippen molar-refractivity contribution in [1.82, 2.24) is 94.4 Å². The maximum atomic E-state index is 14.8. The molecule has 0 aliphatic heterocycles. The predicted octanol–water partition coefficient (Wildman–Crippen LogP) is -6.25. The molecule has 0 unspecified atom stereocenters. The monoisotopic (exact) mass is 1630 g/mol. The molecule has 28 N–H and O–H groups in total. The molecule has 42 nitrogen and oxygen atoms in total. The summed E-state index contributed by atoms with van der Waals surface area (Å²) in [4.78, 5) is 236. The number of hydrogen-bond acceptors (Lipinski definition) is 22. The first-order valence-electron chi connectivity index (χ1n) is 38.5. The van der Waals surface area contributed by atoms with Gasteiger partial charge in [-0.2, -0.15) is 0 Å². The van der Waals surface area contributed by atoms with E-state index < -0.39 is 217 Å². The summed E-state index contributed by atoms with van der Waals surface area (Å²) in [5.41, 5.74) is 29.1. The molecule has 0 radical (unpaired) electrons. The Balaban J connectivity index is 1.88. The Morgan fingerprint density at radius 1 is 0.457 bits per heavy atom. The number of carboxylic acids is 1. The van der Waals surface area contributed by atoms with Crippen LogP contribution in [0.15, 0.2) is 60.4 Å². The van der Waals surface area contributed by atoms with Gasteiger partial charge in [0.25, 0.3) is 0 Å². The number of aliphatic carboxylic acids is 1. The van der Waals surface area contributed by atoms with Crippen molar-refractivity contribution in [1.29, 1.82) is 0 Å². The van der Waals surface area contributed by atoms with E-state index in [1.165, 1.54) is 25.0 Å². The minimum absolute atomic E-state index is 0.0171. The molecular formula is C74H120N24O18. The van der Waals surface area contributed by atoms with Gasteiger partial charge in [-0.3, -0.25) is 81.7 Å². The Labute approximate surface area is 672 Å². The maximum absolute atomic E-state index is 14.8. The first kappa shape index (κ1) is 98.5. The highest BCUT2D eigenvalue weighted by molar-refractivity contribution is 6.00. The van der Waals surface area contributed by atoms with Crippen LogP contribution >= 0.6 is 0 Å². The van der Waals surface area contributed by atoms with Gasteiger partial charge in [0.2, 0.25) is 88.6 Å². The number of carbonyl (C=O) groups is 16. The van der Waals surface area contributed by atoms with Crippen LogP contribution in [0, 0.1) is 29.6 Å². The molecule has 644 valence electrons. The molecule has 0 aliphatic carbocycles. The number of hydrogen-bond donors (Lipinski definition) is 23. The molecular weight excluding hydrogens is 1510 g/mol. The van der Waals surface area contributed by atoms with E-state index in [1.807, 2.05) is 0 Å². The summed E-state index contributed by atoms with van der Waals surface area (Å²) >= 11 is 0. The number of unbranched alkanes of at least 4 members (excludes halogenated alkanes) is 1. The first-order valence-corrected chi connectivity index (χ1v) is 38.5. The molecule has 0 bridgehead atoms. The van der Waals surface area contributed by atoms with E-state index >= 15 is 0 Å². The Hall–Kier alpha value is -11.7. The molecule has 15 amide bonds. The van der Waals surface area contributed by atoms with Crippen LogP contribution in [0.2, 0.25) is 0 Å². The summed E-state index contributed by atoms with van der Waals surface area (Å²) in [6, 6.07) is -8.61. The van der Waals surface area contributed by atoms with Crippen LogP contribution in [0.3, 0.4) is 0 Å². The van der Waals surface area contributed by atoms with E-state index in [4.69, 9.17) is 33.8 Å². The lowest BCUT2D eigenvalue weighted by Crippen LogP contribution is -2.62. The summed E-state index contributed by atoms with van der Waals surface area (Å²) in [5.74, 6) is -17.1. The zero-order chi connectivity index (χ0) is 86.9. The standard InChI is InChI=1S/C74H120N24O18/c1-11-42(10)61(73(116)90-47(21-17-23-82-74(78)79)63(106)84-32-56(101)83-34-58(103)104)98-72(115)60(41(8)9)97-69(112)49(24-38(2)3)88-57(102)33-85-64(107)52(27-44-30-80-36-86-44)92-67(110)51(26-43-18-13-12-14-19-43)94-71(114)59(40(6)7)96-65(108)48(20-15-16-22-75)89-70(113)54(35-99)95-68(111)53(28-45-31-81-37-87-45)93-66(109)50(25-39(4)5)91-62(105)46(76)29-55(77)100/h12-14,18-19,30-31,36-42,46-54,59-61,99H,11,15-17,20-29,32-35,75-76H2,1-10H3,(H2,77,100)(H,80,86)(H,81,87)(H,83,101)(H,84,106)(H,85,107)(H,88,102)(H,89,113)(H,90,116)(H,91,105)(H,92,110)(H,93,109)(H,94,114)(H,95,111)(H,96,108)(H,97,112)(H,98,115)(H,103,104)(H4,78,79,82)/t42-,46-,47-,48-,49-,50-,51-,52-,53-,54-,59-,60-,61-/m0/s1. The fraction of sp³-hybridized carbons (Fsp3) is 0.608. The zero-order valence-electron chi connectivity index (χ0n) is 67.4. The second-order valence-corrected chi connectivity index (χ2v) is 29.7. The number of carboxylic acid groups (broad SMARTS) is 1. The van der Waals surface area contributed by atoms with Gasteiger partial charge in [-0.25, -0.2) is 9.97 Å². The molecule has 3 rings (SSSR count). The molecule has 0 saturated heterocycles. The highest BCUT2D eigenvalue weighted by Gasteiger charge is 2.39. The summed E-state index contributed by atoms with van der Waals surface area (Å²) in [6.45, 7) is 14.0. The van der Waals surface area contributed by atoms with E-state index in [1.54, 1.807) is 99.6 Å². The van der Waals surface area contributed by atoms with Crippen LogP contribution < -0.4 is 103 Å². The average Bonchev–Trinajstić information content (AvgIpc) is 1.42. The Kier molecular flexibility index (Phi) is 43.5. The fourth-order valence-electron chi connectivity index (χ4n) is 11.6. The van der Waals surface area contributed by atoms with Gasteiger partial charge < -0.3 is 123 Å². The lowest BCUT2D eigenvalue weighted by molar-refractivity contribution is -0.138. The molecule has 0 aliphatic rings. The van der Waals surface area contributed by atoms with Crippen LogP contribution in [0.25, 0.3) is 0 Å². The largest absolute Gasteiger partial charge is 0.480 e. The number of aromatic amines is 2. The number of benzene rings is 1. The van der Waals surface area contributed by atoms with Gasteiger partial charge >= 0.3 is 5.97 Å². The van der Waals surface area contributed by atoms with Crippen LogP contribution in [0.1, 0.15) is 144 Å². The van der Waals surface area contributed by atoms with Crippen molar-refractivity contribution < 1.29 is 86.9 Å². The Morgan fingerprint density at radius 3 is 1.36 bits per heavy atom. The third-order valence-corrected chi connectivity index (χ3v) is 18.1. The topological polar surface area (TPSA) is 682 Å². The van der Waals surface area contributed by atoms with Gasteiger partial charge in [-0.1, -0.05) is 106 Å². The number of aliphatic imine (C=N–C) groups is 1. The number of H-pyrrole nitrogens is 2. The number of aromatic nitrogens is 4. The lowest BCUT2D eigenvalue weighted by atomic mass is 9.95. The summed E-state index contributed by atoms with van der Waals surface area (Å²) < 4.78 is 0. The minimum Gasteiger partial charge on any atom is -0.480 e. The van der Waals surface area contributed by atoms with Crippen LogP contribution in [0.5, 0.6) is 0 Å². The molecule has 3 aromatic rings. The van der Waals surface area contributed by atoms with Gasteiger partial charge in [0, 0.05) is 49.6 Å². The minimum atomic E-state index is -1.76. The van der Waals surface area contributed by atoms with Gasteiger partial charge in [-0.05, 0) is 86.6 Å². The number of nitrogens with two attached hydrogens (primary N) is 5. The maximum Gasteiger partial charge on any atom is 0.322 e. The van der Waals surface area contributed by atoms with Crippen molar-refractivity contribution in [2.75, 3.05) is 39.3 Å². The van der Waals surface area contributed by atoms with Crippen molar-refractivity contribution in [3.8, 4) is 0 Å². The van der Waals surface area contributed by atoms with Crippen LogP contribution in [-0.2, 0) is 96.0 Å². The lowest BCUT2D eigenvalue weighted by Gasteiger charge is -2.30. The normalized spacial score (nSPS) is 14.6. The number of nitrogens with one attached hydrogen (secondary N) is 16. The quantitative estimate of drug-likeness (QED) is 0.0142. The second kappa shape index (κ2) is 51.2. The second-order valence-electron chi connectivity index (χ2n) is 29.7. The SMILES string of the molecule is CC[C@H](C)[C@H](NC(=O)[C@@H](NC(=O)[C@H](CC(C)C)NC(=O)CNC(=O)[C@H](Cc1cnc[nH]1)NC(=O)[C@H](Cc1ccccc1)NC(=O)[C@@H](NC(=O)[C@H](CCCCN)NC(=O)[C@H](CO)NC(=O)[C@H](Cc1cnc[nH]1)NC(=O)[C@H](CC(C)C)NC(=O)[C@@H](N)CC(N)=O)C(C)C)C(C)C)C(=O)N[C@@H](CCCN=C(N)N)C(=O)NCC(=O)NCC(=O)O. The number of amides is 15. The van der Waals surface area contributed by atoms with E-state index in [0.29, 0.717) is 29.8 Å². The summed E-state index contributed by atoms with van der Waals surface area (Å²) in [7, 11) is 0. The molecule has 0 spiro atoms. The zero-order valence-corrected chi connectivity index (χ0v) is 67.4. The number of primary amides is 1. The predicted molar refractivity (Wildman–Crippen MR) is 422 cm³/mol. The number of carbonyl (C=O) groups excluding carboxylic acids is 15. The van der Waals surface area contributed by atoms with Gasteiger partial charge in [0.1, 0.15) is 73.0 Å². The smallest absolute Gasteiger partial charge is 0.322 e. The molecule has 0 fully saturated rings. The van der Waals surface area contributed by atoms with E-state index in [2.05, 4.69) is 99.4 Å². The number of guanidine groups is 1. The molecule has 2 aromatic heterocycles. The van der Waals surface area contributed by atoms with Gasteiger partial charge in [0.05, 0.1) is 44.8 Å². The summed E-state index contributed by atoms with van der Waals surface area (Å²) in [5, 5.41) is 55.3. The fourth-order valence-corrected chi connectivity index (χ4v) is 11.6. The number of nitrogens with zero attached hydrogens (tertiary/aromatic N) is 3. The Bertz CT molecular complexity index is 3750. The van der Waals surface area contributed by atoms with Crippen molar-refractivity contribution >= 4 is 101 Å². The molecule has 1 aromatic carbocycles. The van der Waals surface area contributed by atoms with Crippen LogP contribution in [0.4, 0.5) is 0 Å². The van der Waals surface area contributed by atoms with Gasteiger partial charge in [-0.15, -0.1) is 0 Å². The van der Waals surface area contributed by atoms with Crippen molar-refractivity contribution in [2.45, 2.75) is 219 Å². The molecule has 13 atom stereocenters. The third-order valence-electron chi connectivity index (χ3n) is 18.1. The van der Waals surface area contributed by atoms with Crippen molar-refractivity contribution in [3.05, 3.63) is 72.3 Å². The molecule has 116 heavy (non-hydrogen) atoms.